The van der Waals surface area contributed by atoms with Gasteiger partial charge in [0.25, 0.3) is 0 Å². The molecule has 2 rings (SSSR count). The number of ether oxygens (including phenoxy) is 2. The lowest BCUT2D eigenvalue weighted by molar-refractivity contribution is -0.125. The summed E-state index contributed by atoms with van der Waals surface area (Å²) in [6.07, 6.45) is 0.203. The topological polar surface area (TPSA) is 35.5 Å². The number of carbonyl (C=O) groups excluding carboxylic acids is 1. The molecule has 0 spiro atoms. The van der Waals surface area contributed by atoms with Crippen molar-refractivity contribution in [3.05, 3.63) is 33.8 Å². The van der Waals surface area contributed by atoms with Crippen LogP contribution in [0.3, 0.4) is 0 Å². The van der Waals surface area contributed by atoms with Gasteiger partial charge in [-0.15, -0.1) is 0 Å². The first-order valence-electron chi connectivity index (χ1n) is 5.06. The van der Waals surface area contributed by atoms with E-state index in [1.807, 2.05) is 18.2 Å². The van der Waals surface area contributed by atoms with Gasteiger partial charge in [-0.3, -0.25) is 4.79 Å². The largest absolute Gasteiger partial charge is 0.355 e. The van der Waals surface area contributed by atoms with Crippen LogP contribution in [0.25, 0.3) is 0 Å². The summed E-state index contributed by atoms with van der Waals surface area (Å²) in [5, 5.41) is 0. The van der Waals surface area contributed by atoms with E-state index in [4.69, 9.17) is 9.47 Å². The summed E-state index contributed by atoms with van der Waals surface area (Å²) in [6.45, 7) is 0. The Kier molecular flexibility index (Phi) is 3.42. The molecule has 0 aliphatic heterocycles. The maximum absolute atomic E-state index is 12.1. The van der Waals surface area contributed by atoms with Gasteiger partial charge in [0.2, 0.25) is 0 Å². The summed E-state index contributed by atoms with van der Waals surface area (Å²) >= 11 is 3.46. The number of halogens is 1. The molecule has 0 amide bonds. The van der Waals surface area contributed by atoms with Crippen molar-refractivity contribution < 1.29 is 14.3 Å². The highest BCUT2D eigenvalue weighted by Gasteiger charge is 2.37. The summed E-state index contributed by atoms with van der Waals surface area (Å²) in [4.78, 5) is 12.1. The molecule has 0 saturated carbocycles. The molecule has 0 heterocycles. The lowest BCUT2D eigenvalue weighted by atomic mass is 10.0. The van der Waals surface area contributed by atoms with E-state index in [0.717, 1.165) is 15.6 Å². The van der Waals surface area contributed by atoms with Crippen LogP contribution in [0, 0.1) is 5.92 Å². The van der Waals surface area contributed by atoms with Crippen LogP contribution in [0.2, 0.25) is 0 Å². The van der Waals surface area contributed by atoms with Crippen LogP contribution < -0.4 is 0 Å². The molecule has 0 radical (unpaired) electrons. The van der Waals surface area contributed by atoms with Gasteiger partial charge in [-0.25, -0.2) is 0 Å². The molecular weight excluding hydrogens is 272 g/mol. The van der Waals surface area contributed by atoms with Crippen LogP contribution in [-0.4, -0.2) is 26.3 Å². The Hall–Kier alpha value is -0.710. The van der Waals surface area contributed by atoms with Gasteiger partial charge in [0, 0.05) is 24.3 Å². The van der Waals surface area contributed by atoms with Crippen molar-refractivity contribution in [3.63, 3.8) is 0 Å². The van der Waals surface area contributed by atoms with E-state index in [-0.39, 0.29) is 11.7 Å². The fraction of sp³-hybridized carbons (Fsp3) is 0.417. The van der Waals surface area contributed by atoms with E-state index in [0.29, 0.717) is 6.42 Å². The molecule has 86 valence electrons. The summed E-state index contributed by atoms with van der Waals surface area (Å²) in [5.74, 6) is -0.131. The highest BCUT2D eigenvalue weighted by atomic mass is 79.9. The quantitative estimate of drug-likeness (QED) is 0.800. The maximum atomic E-state index is 12.1. The van der Waals surface area contributed by atoms with Crippen molar-refractivity contribution >= 4 is 21.7 Å². The number of fused-ring (bicyclic) bond motifs is 1. The molecule has 1 aliphatic carbocycles. The fourth-order valence-electron chi connectivity index (χ4n) is 2.15. The van der Waals surface area contributed by atoms with Gasteiger partial charge in [0.05, 0.1) is 5.92 Å². The van der Waals surface area contributed by atoms with Crippen molar-refractivity contribution in [2.24, 2.45) is 5.92 Å². The molecule has 0 fully saturated rings. The minimum atomic E-state index is -0.466. The van der Waals surface area contributed by atoms with Gasteiger partial charge in [0.15, 0.2) is 12.1 Å². The summed E-state index contributed by atoms with van der Waals surface area (Å²) in [7, 11) is 3.11. The van der Waals surface area contributed by atoms with Gasteiger partial charge < -0.3 is 9.47 Å². The zero-order chi connectivity index (χ0) is 11.7. The number of methoxy groups -OCH3 is 2. The van der Waals surface area contributed by atoms with Crippen LogP contribution >= 0.6 is 15.9 Å². The predicted molar refractivity (Wildman–Crippen MR) is 63.5 cm³/mol. The smallest absolute Gasteiger partial charge is 0.171 e. The van der Waals surface area contributed by atoms with Crippen molar-refractivity contribution in [3.8, 4) is 0 Å². The van der Waals surface area contributed by atoms with Crippen LogP contribution in [0.4, 0.5) is 0 Å². The van der Waals surface area contributed by atoms with Crippen molar-refractivity contribution in [1.29, 1.82) is 0 Å². The van der Waals surface area contributed by atoms with Crippen molar-refractivity contribution in [2.75, 3.05) is 14.2 Å². The second kappa shape index (κ2) is 4.65. The lowest BCUT2D eigenvalue weighted by Gasteiger charge is -2.18. The first-order valence-corrected chi connectivity index (χ1v) is 5.85. The highest BCUT2D eigenvalue weighted by Crippen LogP contribution is 2.34. The second-order valence-corrected chi connectivity index (χ2v) is 4.63. The molecule has 1 aromatic carbocycles. The lowest BCUT2D eigenvalue weighted by Crippen LogP contribution is -2.29. The predicted octanol–water partition coefficient (Wildman–Crippen LogP) is 2.42. The fourth-order valence-corrected chi connectivity index (χ4v) is 2.68. The molecule has 1 aliphatic rings. The number of hydrogen-bond acceptors (Lipinski definition) is 3. The van der Waals surface area contributed by atoms with Crippen LogP contribution in [0.5, 0.6) is 0 Å². The molecule has 4 heteroatoms. The Morgan fingerprint density at radius 1 is 1.38 bits per heavy atom. The molecule has 0 aromatic heterocycles. The molecule has 3 nitrogen and oxygen atoms in total. The molecule has 0 bridgehead atoms. The summed E-state index contributed by atoms with van der Waals surface area (Å²) in [6, 6.07) is 5.67. The Labute approximate surface area is 103 Å². The third kappa shape index (κ3) is 1.81. The standard InChI is InChI=1S/C12H13BrO3/c1-15-12(16-2)9-6-8-7(11(9)14)4-3-5-10(8)13/h3-5,9,12H,6H2,1-2H3. The average molecular weight is 285 g/mol. The second-order valence-electron chi connectivity index (χ2n) is 3.78. The van der Waals surface area contributed by atoms with Crippen LogP contribution in [0.1, 0.15) is 15.9 Å². The number of hydrogen-bond donors (Lipinski definition) is 0. The Balaban J connectivity index is 2.34. The SMILES string of the molecule is COC(OC)C1Cc2c(Br)cccc2C1=O. The van der Waals surface area contributed by atoms with Gasteiger partial charge in [-0.2, -0.15) is 0 Å². The first-order chi connectivity index (χ1) is 7.69. The Morgan fingerprint density at radius 3 is 2.62 bits per heavy atom. The number of carbonyl (C=O) groups is 1. The summed E-state index contributed by atoms with van der Waals surface area (Å²) in [5.41, 5.74) is 1.83. The van der Waals surface area contributed by atoms with Crippen LogP contribution in [-0.2, 0) is 15.9 Å². The highest BCUT2D eigenvalue weighted by molar-refractivity contribution is 9.10. The van der Waals surface area contributed by atoms with Gasteiger partial charge in [-0.1, -0.05) is 28.1 Å². The molecule has 1 aromatic rings. The minimum absolute atomic E-state index is 0.102. The number of Topliss-reactive ketones (excluding diaryl/α,β-unsaturated/α-hetero) is 1. The van der Waals surface area contributed by atoms with E-state index >= 15 is 0 Å². The van der Waals surface area contributed by atoms with Crippen LogP contribution in [0.15, 0.2) is 22.7 Å². The molecule has 1 atom stereocenters. The molecule has 1 unspecified atom stereocenters. The first kappa shape index (κ1) is 11.8. The summed E-state index contributed by atoms with van der Waals surface area (Å²) < 4.78 is 11.3. The average Bonchev–Trinajstić information content (AvgIpc) is 2.61. The van der Waals surface area contributed by atoms with E-state index in [2.05, 4.69) is 15.9 Å². The molecule has 16 heavy (non-hydrogen) atoms. The Bertz CT molecular complexity index is 413. The zero-order valence-electron chi connectivity index (χ0n) is 9.20. The maximum Gasteiger partial charge on any atom is 0.171 e. The van der Waals surface area contributed by atoms with E-state index in [1.165, 1.54) is 0 Å². The van der Waals surface area contributed by atoms with E-state index < -0.39 is 6.29 Å². The zero-order valence-corrected chi connectivity index (χ0v) is 10.8. The van der Waals surface area contributed by atoms with E-state index in [1.54, 1.807) is 14.2 Å². The third-order valence-electron chi connectivity index (χ3n) is 2.94. The normalized spacial score (nSPS) is 19.2. The Morgan fingerprint density at radius 2 is 2.06 bits per heavy atom. The van der Waals surface area contributed by atoms with Gasteiger partial charge >= 0.3 is 0 Å². The van der Waals surface area contributed by atoms with Gasteiger partial charge in [-0.05, 0) is 18.1 Å². The number of benzene rings is 1. The molecular formula is C12H13BrO3. The van der Waals surface area contributed by atoms with Crippen molar-refractivity contribution in [2.45, 2.75) is 12.7 Å². The number of ketones is 1. The monoisotopic (exact) mass is 284 g/mol. The van der Waals surface area contributed by atoms with Gasteiger partial charge in [0.1, 0.15) is 0 Å². The minimum Gasteiger partial charge on any atom is -0.355 e. The van der Waals surface area contributed by atoms with Crippen molar-refractivity contribution in [1.82, 2.24) is 0 Å². The molecule has 0 N–H and O–H groups in total. The molecule has 0 saturated heterocycles. The van der Waals surface area contributed by atoms with E-state index in [9.17, 15) is 4.79 Å². The number of rotatable bonds is 3. The third-order valence-corrected chi connectivity index (χ3v) is 3.68.